The van der Waals surface area contributed by atoms with Gasteiger partial charge in [-0.1, -0.05) is 13.8 Å². The van der Waals surface area contributed by atoms with E-state index in [1.807, 2.05) is 6.92 Å². The summed E-state index contributed by atoms with van der Waals surface area (Å²) in [7, 11) is 0. The number of pyridine rings is 1. The highest BCUT2D eigenvalue weighted by Gasteiger charge is 2.25. The number of ether oxygens (including phenoxy) is 1. The third-order valence-electron chi connectivity index (χ3n) is 3.89. The normalized spacial score (nSPS) is 11.4. The van der Waals surface area contributed by atoms with E-state index in [9.17, 15) is 14.4 Å². The highest BCUT2D eigenvalue weighted by molar-refractivity contribution is 5.99. The van der Waals surface area contributed by atoms with Crippen molar-refractivity contribution in [3.05, 3.63) is 59.9 Å². The molecule has 3 amide bonds. The predicted octanol–water partition coefficient (Wildman–Crippen LogP) is 1.70. The van der Waals surface area contributed by atoms with E-state index in [1.165, 1.54) is 6.20 Å². The van der Waals surface area contributed by atoms with Gasteiger partial charge < -0.3 is 10.1 Å². The van der Waals surface area contributed by atoms with E-state index >= 15 is 0 Å². The molecule has 1 atom stereocenters. The van der Waals surface area contributed by atoms with Crippen LogP contribution in [0.2, 0.25) is 0 Å². The quantitative estimate of drug-likeness (QED) is 0.630. The number of nitrogens with zero attached hydrogens (tertiary/aromatic N) is 1. The highest BCUT2D eigenvalue weighted by atomic mass is 16.5. The molecule has 1 aromatic carbocycles. The minimum absolute atomic E-state index is 0.193. The second-order valence-electron chi connectivity index (χ2n) is 6.34. The van der Waals surface area contributed by atoms with Gasteiger partial charge in [0.15, 0.2) is 0 Å². The summed E-state index contributed by atoms with van der Waals surface area (Å²) >= 11 is 0. The number of rotatable bonds is 7. The van der Waals surface area contributed by atoms with Gasteiger partial charge in [-0.15, -0.1) is 0 Å². The highest BCUT2D eigenvalue weighted by Crippen LogP contribution is 2.13. The van der Waals surface area contributed by atoms with Crippen molar-refractivity contribution < 1.29 is 19.1 Å². The Morgan fingerprint density at radius 2 is 1.71 bits per heavy atom. The van der Waals surface area contributed by atoms with Crippen LogP contribution in [0, 0.1) is 5.92 Å². The van der Waals surface area contributed by atoms with Crippen LogP contribution in [0.5, 0.6) is 5.75 Å². The Bertz CT molecular complexity index is 807. The van der Waals surface area contributed by atoms with Gasteiger partial charge in [-0.25, -0.2) is 0 Å². The van der Waals surface area contributed by atoms with Crippen LogP contribution in [-0.2, 0) is 4.79 Å². The first-order valence-electron chi connectivity index (χ1n) is 8.96. The minimum atomic E-state index is -0.826. The van der Waals surface area contributed by atoms with Crippen LogP contribution in [0.25, 0.3) is 0 Å². The monoisotopic (exact) mass is 384 g/mol. The van der Waals surface area contributed by atoms with Crippen LogP contribution >= 0.6 is 0 Å². The largest absolute Gasteiger partial charge is 0.494 e. The predicted molar refractivity (Wildman–Crippen MR) is 104 cm³/mol. The molecule has 28 heavy (non-hydrogen) atoms. The molecule has 1 aromatic heterocycles. The summed E-state index contributed by atoms with van der Waals surface area (Å²) in [5.74, 6) is -0.943. The Hall–Kier alpha value is -3.42. The Balaban J connectivity index is 1.96. The van der Waals surface area contributed by atoms with Gasteiger partial charge in [-0.05, 0) is 49.2 Å². The number of hydrogen-bond donors (Lipinski definition) is 3. The fourth-order valence-electron chi connectivity index (χ4n) is 2.39. The van der Waals surface area contributed by atoms with Crippen molar-refractivity contribution in [1.82, 2.24) is 21.2 Å². The zero-order valence-corrected chi connectivity index (χ0v) is 16.1. The lowest BCUT2D eigenvalue weighted by atomic mass is 10.0. The van der Waals surface area contributed by atoms with Crippen molar-refractivity contribution in [1.29, 1.82) is 0 Å². The van der Waals surface area contributed by atoms with Gasteiger partial charge >= 0.3 is 0 Å². The van der Waals surface area contributed by atoms with Crippen molar-refractivity contribution in [3.63, 3.8) is 0 Å². The third kappa shape index (κ3) is 5.80. The maximum absolute atomic E-state index is 12.5. The maximum Gasteiger partial charge on any atom is 0.271 e. The molecule has 0 saturated carbocycles. The smallest absolute Gasteiger partial charge is 0.271 e. The molecule has 0 unspecified atom stereocenters. The summed E-state index contributed by atoms with van der Waals surface area (Å²) in [6, 6.07) is 8.99. The summed E-state index contributed by atoms with van der Waals surface area (Å²) in [5, 5.41) is 2.69. The third-order valence-corrected chi connectivity index (χ3v) is 3.89. The molecule has 0 fully saturated rings. The second-order valence-corrected chi connectivity index (χ2v) is 6.34. The van der Waals surface area contributed by atoms with Gasteiger partial charge in [0.05, 0.1) is 12.2 Å². The van der Waals surface area contributed by atoms with Crippen LogP contribution in [0.4, 0.5) is 0 Å². The van der Waals surface area contributed by atoms with E-state index in [2.05, 4.69) is 21.2 Å². The molecular weight excluding hydrogens is 360 g/mol. The van der Waals surface area contributed by atoms with Crippen molar-refractivity contribution >= 4 is 17.7 Å². The Morgan fingerprint density at radius 1 is 1.00 bits per heavy atom. The van der Waals surface area contributed by atoms with Crippen molar-refractivity contribution in [2.45, 2.75) is 26.8 Å². The zero-order valence-electron chi connectivity index (χ0n) is 16.1. The molecule has 0 aliphatic rings. The van der Waals surface area contributed by atoms with Gasteiger partial charge in [0, 0.05) is 18.0 Å². The molecule has 0 spiro atoms. The van der Waals surface area contributed by atoms with Gasteiger partial charge in [0.25, 0.3) is 17.7 Å². The average Bonchev–Trinajstić information content (AvgIpc) is 2.71. The fraction of sp³-hybridized carbons (Fsp3) is 0.300. The van der Waals surface area contributed by atoms with Crippen molar-refractivity contribution in [2.75, 3.05) is 6.61 Å². The number of hydrazine groups is 1. The Kier molecular flexibility index (Phi) is 7.50. The Morgan fingerprint density at radius 3 is 2.29 bits per heavy atom. The van der Waals surface area contributed by atoms with E-state index in [1.54, 1.807) is 56.4 Å². The molecule has 0 bridgehead atoms. The van der Waals surface area contributed by atoms with Crippen molar-refractivity contribution in [2.24, 2.45) is 5.92 Å². The van der Waals surface area contributed by atoms with E-state index in [0.717, 1.165) is 0 Å². The first-order valence-corrected chi connectivity index (χ1v) is 8.96. The number of carbonyl (C=O) groups is 3. The average molecular weight is 384 g/mol. The molecule has 2 aromatic rings. The molecule has 0 saturated heterocycles. The fourth-order valence-corrected chi connectivity index (χ4v) is 2.39. The van der Waals surface area contributed by atoms with E-state index in [4.69, 9.17) is 4.74 Å². The van der Waals surface area contributed by atoms with Gasteiger partial charge in [-0.3, -0.25) is 30.2 Å². The molecule has 3 N–H and O–H groups in total. The van der Waals surface area contributed by atoms with E-state index in [-0.39, 0.29) is 5.92 Å². The first kappa shape index (κ1) is 20.9. The SMILES string of the molecule is CCOc1ccc(C(=O)N[C@H](C(=O)NNC(=O)c2cccnc2)C(C)C)cc1. The van der Waals surface area contributed by atoms with Gasteiger partial charge in [0.2, 0.25) is 0 Å². The van der Waals surface area contributed by atoms with Crippen LogP contribution in [-0.4, -0.2) is 35.4 Å². The summed E-state index contributed by atoms with van der Waals surface area (Å²) in [4.78, 5) is 40.8. The summed E-state index contributed by atoms with van der Waals surface area (Å²) in [6.45, 7) is 6.00. The molecule has 2 rings (SSSR count). The molecule has 0 aliphatic heterocycles. The van der Waals surface area contributed by atoms with E-state index in [0.29, 0.717) is 23.5 Å². The van der Waals surface area contributed by atoms with Crippen LogP contribution in [0.3, 0.4) is 0 Å². The second kappa shape index (κ2) is 10.1. The van der Waals surface area contributed by atoms with Crippen LogP contribution < -0.4 is 20.9 Å². The standard InChI is InChI=1S/C20H24N4O4/c1-4-28-16-9-7-14(8-10-16)18(25)22-17(13(2)3)20(27)24-23-19(26)15-6-5-11-21-12-15/h5-13,17H,4H2,1-3H3,(H,22,25)(H,23,26)(H,24,27)/t17-/m0/s1. The molecule has 148 valence electrons. The number of carbonyl (C=O) groups excluding carboxylic acids is 3. The maximum atomic E-state index is 12.5. The first-order chi connectivity index (χ1) is 13.4. The molecule has 0 aliphatic carbocycles. The summed E-state index contributed by atoms with van der Waals surface area (Å²) in [6.07, 6.45) is 2.93. The number of nitrogens with one attached hydrogen (secondary N) is 3. The summed E-state index contributed by atoms with van der Waals surface area (Å²) in [5.41, 5.74) is 5.38. The lowest BCUT2D eigenvalue weighted by molar-refractivity contribution is -0.124. The number of hydrogen-bond acceptors (Lipinski definition) is 5. The van der Waals surface area contributed by atoms with Gasteiger partial charge in [-0.2, -0.15) is 0 Å². The molecule has 0 radical (unpaired) electrons. The molecular formula is C20H24N4O4. The van der Waals surface area contributed by atoms with Crippen LogP contribution in [0.15, 0.2) is 48.8 Å². The molecule has 8 heteroatoms. The number of amides is 3. The number of aromatic nitrogens is 1. The van der Waals surface area contributed by atoms with Crippen molar-refractivity contribution in [3.8, 4) is 5.75 Å². The molecule has 8 nitrogen and oxygen atoms in total. The number of benzene rings is 1. The summed E-state index contributed by atoms with van der Waals surface area (Å²) < 4.78 is 5.35. The van der Waals surface area contributed by atoms with Gasteiger partial charge in [0.1, 0.15) is 11.8 Å². The topological polar surface area (TPSA) is 109 Å². The zero-order chi connectivity index (χ0) is 20.5. The minimum Gasteiger partial charge on any atom is -0.494 e. The lowest BCUT2D eigenvalue weighted by Gasteiger charge is -2.22. The molecule has 1 heterocycles. The lowest BCUT2D eigenvalue weighted by Crippen LogP contribution is -2.54. The Labute approximate surface area is 163 Å². The van der Waals surface area contributed by atoms with E-state index < -0.39 is 23.8 Å². The van der Waals surface area contributed by atoms with Crippen LogP contribution in [0.1, 0.15) is 41.5 Å².